The minimum Gasteiger partial charge on any atom is -0.463 e. The number of halogens is 3. The van der Waals surface area contributed by atoms with Crippen LogP contribution in [0.15, 0.2) is 30.3 Å². The van der Waals surface area contributed by atoms with Crippen molar-refractivity contribution in [1.29, 1.82) is 5.26 Å². The second kappa shape index (κ2) is 6.05. The summed E-state index contributed by atoms with van der Waals surface area (Å²) in [6, 6.07) is 6.57. The first-order chi connectivity index (χ1) is 8.88. The zero-order valence-electron chi connectivity index (χ0n) is 9.99. The number of allylic oxidation sites excluding steroid dienone is 1. The summed E-state index contributed by atoms with van der Waals surface area (Å²) in [5.74, 6) is -1.06. The summed E-state index contributed by atoms with van der Waals surface area (Å²) in [4.78, 5) is 11.1. The molecule has 0 aliphatic heterocycles. The monoisotopic (exact) mass is 269 g/mol. The Morgan fingerprint density at radius 3 is 2.37 bits per heavy atom. The molecule has 0 radical (unpaired) electrons. The predicted molar refractivity (Wildman–Crippen MR) is 61.8 cm³/mol. The normalized spacial score (nSPS) is 11.8. The lowest BCUT2D eigenvalue weighted by atomic mass is 10.0. The molecule has 0 unspecified atom stereocenters. The van der Waals surface area contributed by atoms with Gasteiger partial charge in [0.2, 0.25) is 0 Å². The number of ether oxygens (including phenoxy) is 1. The van der Waals surface area contributed by atoms with Crippen LogP contribution in [0.25, 0.3) is 5.57 Å². The van der Waals surface area contributed by atoms with Crippen LogP contribution in [0.1, 0.15) is 18.1 Å². The fourth-order valence-electron chi connectivity index (χ4n) is 1.35. The predicted octanol–water partition coefficient (Wildman–Crippen LogP) is 3.07. The highest BCUT2D eigenvalue weighted by Gasteiger charge is 2.35. The Labute approximate surface area is 107 Å². The molecule has 0 amide bonds. The van der Waals surface area contributed by atoms with Crippen LogP contribution in [0.3, 0.4) is 0 Å². The first-order valence-electron chi connectivity index (χ1n) is 5.34. The van der Waals surface area contributed by atoms with Gasteiger partial charge in [0.1, 0.15) is 0 Å². The number of alkyl halides is 3. The average Bonchev–Trinajstić information content (AvgIpc) is 2.35. The topological polar surface area (TPSA) is 50.1 Å². The van der Waals surface area contributed by atoms with Gasteiger partial charge in [-0.15, -0.1) is 0 Å². The van der Waals surface area contributed by atoms with Crippen LogP contribution in [0.2, 0.25) is 0 Å². The molecule has 19 heavy (non-hydrogen) atoms. The van der Waals surface area contributed by atoms with Gasteiger partial charge in [-0.1, -0.05) is 12.1 Å². The number of esters is 1. The molecule has 0 atom stereocenters. The lowest BCUT2D eigenvalue weighted by molar-refractivity contribution is -0.137. The van der Waals surface area contributed by atoms with Gasteiger partial charge in [-0.2, -0.15) is 18.4 Å². The number of benzene rings is 1. The number of hydrogen-bond acceptors (Lipinski definition) is 3. The summed E-state index contributed by atoms with van der Waals surface area (Å²) in [6.45, 7) is 1.49. The van der Waals surface area contributed by atoms with E-state index in [2.05, 4.69) is 4.74 Å². The Morgan fingerprint density at radius 1 is 1.37 bits per heavy atom. The van der Waals surface area contributed by atoms with E-state index >= 15 is 0 Å². The van der Waals surface area contributed by atoms with Crippen LogP contribution in [-0.4, -0.2) is 18.8 Å². The van der Waals surface area contributed by atoms with Gasteiger partial charge in [-0.3, -0.25) is 0 Å². The molecule has 0 saturated carbocycles. The maximum atomic E-state index is 12.8. The molecule has 0 N–H and O–H groups in total. The van der Waals surface area contributed by atoms with Crippen molar-refractivity contribution < 1.29 is 22.7 Å². The molecule has 6 heteroatoms. The summed E-state index contributed by atoms with van der Waals surface area (Å²) >= 11 is 0. The zero-order valence-corrected chi connectivity index (χ0v) is 9.99. The SMILES string of the molecule is CCOC(=O)/C=C(/c1ccc(C#N)cc1)C(F)(F)F. The molecule has 1 aromatic rings. The van der Waals surface area contributed by atoms with E-state index in [9.17, 15) is 18.0 Å². The molecule has 0 aliphatic carbocycles. The van der Waals surface area contributed by atoms with E-state index in [1.165, 1.54) is 19.1 Å². The van der Waals surface area contributed by atoms with Gasteiger partial charge < -0.3 is 4.74 Å². The molecule has 0 heterocycles. The van der Waals surface area contributed by atoms with Gasteiger partial charge >= 0.3 is 12.1 Å². The first kappa shape index (κ1) is 14.8. The van der Waals surface area contributed by atoms with E-state index in [0.717, 1.165) is 12.1 Å². The van der Waals surface area contributed by atoms with E-state index < -0.39 is 17.7 Å². The summed E-state index contributed by atoms with van der Waals surface area (Å²) in [7, 11) is 0. The van der Waals surface area contributed by atoms with E-state index in [4.69, 9.17) is 5.26 Å². The molecule has 0 saturated heterocycles. The van der Waals surface area contributed by atoms with Crippen LogP contribution in [-0.2, 0) is 9.53 Å². The number of hydrogen-bond donors (Lipinski definition) is 0. The van der Waals surface area contributed by atoms with Gasteiger partial charge in [0.05, 0.1) is 23.8 Å². The third-order valence-electron chi connectivity index (χ3n) is 2.18. The fraction of sp³-hybridized carbons (Fsp3) is 0.231. The van der Waals surface area contributed by atoms with Gasteiger partial charge in [0, 0.05) is 6.08 Å². The summed E-state index contributed by atoms with van der Waals surface area (Å²) < 4.78 is 43.0. The maximum absolute atomic E-state index is 12.8. The Hall–Kier alpha value is -2.29. The third kappa shape index (κ3) is 4.14. The summed E-state index contributed by atoms with van der Waals surface area (Å²) in [5, 5.41) is 8.58. The Kier molecular flexibility index (Phi) is 4.70. The first-order valence-corrected chi connectivity index (χ1v) is 5.34. The van der Waals surface area contributed by atoms with Crippen molar-refractivity contribution in [2.75, 3.05) is 6.61 Å². The van der Waals surface area contributed by atoms with Crippen molar-refractivity contribution >= 4 is 11.5 Å². The van der Waals surface area contributed by atoms with Crippen LogP contribution < -0.4 is 0 Å². The zero-order chi connectivity index (χ0) is 14.5. The third-order valence-corrected chi connectivity index (χ3v) is 2.18. The molecular weight excluding hydrogens is 259 g/mol. The highest BCUT2D eigenvalue weighted by atomic mass is 19.4. The van der Waals surface area contributed by atoms with Gasteiger partial charge in [-0.05, 0) is 24.6 Å². The van der Waals surface area contributed by atoms with Crippen LogP contribution in [0.4, 0.5) is 13.2 Å². The standard InChI is InChI=1S/C13H10F3NO2/c1-2-19-12(18)7-11(13(14,15)16)10-5-3-9(8-17)4-6-10/h3-7H,2H2,1H3/b11-7-. The molecule has 1 aromatic carbocycles. The van der Waals surface area contributed by atoms with Crippen molar-refractivity contribution in [3.05, 3.63) is 41.5 Å². The van der Waals surface area contributed by atoms with Gasteiger partial charge in [0.25, 0.3) is 0 Å². The van der Waals surface area contributed by atoms with E-state index in [0.29, 0.717) is 6.08 Å². The molecule has 100 valence electrons. The summed E-state index contributed by atoms with van der Waals surface area (Å²) in [6.07, 6.45) is -4.27. The number of nitriles is 1. The number of carbonyl (C=O) groups excluding carboxylic acids is 1. The van der Waals surface area contributed by atoms with Crippen LogP contribution in [0, 0.1) is 11.3 Å². The second-order valence-corrected chi connectivity index (χ2v) is 3.50. The highest BCUT2D eigenvalue weighted by Crippen LogP contribution is 2.33. The lowest BCUT2D eigenvalue weighted by Crippen LogP contribution is -2.13. The molecule has 0 bridgehead atoms. The van der Waals surface area contributed by atoms with Gasteiger partial charge in [-0.25, -0.2) is 4.79 Å². The van der Waals surface area contributed by atoms with Crippen LogP contribution in [0.5, 0.6) is 0 Å². The quantitative estimate of drug-likeness (QED) is 0.626. The van der Waals surface area contributed by atoms with Crippen molar-refractivity contribution in [2.45, 2.75) is 13.1 Å². The fourth-order valence-corrected chi connectivity index (χ4v) is 1.35. The molecule has 0 aromatic heterocycles. The van der Waals surface area contributed by atoms with E-state index in [1.54, 1.807) is 6.07 Å². The van der Waals surface area contributed by atoms with Crippen molar-refractivity contribution in [3.63, 3.8) is 0 Å². The molecule has 0 spiro atoms. The second-order valence-electron chi connectivity index (χ2n) is 3.50. The van der Waals surface area contributed by atoms with Crippen LogP contribution >= 0.6 is 0 Å². The van der Waals surface area contributed by atoms with Crippen molar-refractivity contribution in [3.8, 4) is 6.07 Å². The highest BCUT2D eigenvalue weighted by molar-refractivity contribution is 5.92. The Bertz CT molecular complexity index is 524. The maximum Gasteiger partial charge on any atom is 0.417 e. The molecular formula is C13H10F3NO2. The largest absolute Gasteiger partial charge is 0.463 e. The molecule has 0 aliphatic rings. The number of nitrogens with zero attached hydrogens (tertiary/aromatic N) is 1. The molecule has 3 nitrogen and oxygen atoms in total. The van der Waals surface area contributed by atoms with Crippen molar-refractivity contribution in [2.24, 2.45) is 0 Å². The smallest absolute Gasteiger partial charge is 0.417 e. The Balaban J connectivity index is 3.18. The lowest BCUT2D eigenvalue weighted by Gasteiger charge is -2.11. The average molecular weight is 269 g/mol. The number of rotatable bonds is 3. The molecule has 0 fully saturated rings. The minimum atomic E-state index is -4.68. The van der Waals surface area contributed by atoms with E-state index in [1.807, 2.05) is 0 Å². The number of carbonyl (C=O) groups is 1. The molecule has 1 rings (SSSR count). The van der Waals surface area contributed by atoms with E-state index in [-0.39, 0.29) is 17.7 Å². The van der Waals surface area contributed by atoms with Gasteiger partial charge in [0.15, 0.2) is 0 Å². The minimum absolute atomic E-state index is 0.00611. The Morgan fingerprint density at radius 2 is 1.95 bits per heavy atom. The van der Waals surface area contributed by atoms with Crippen molar-refractivity contribution in [1.82, 2.24) is 0 Å². The summed E-state index contributed by atoms with van der Waals surface area (Å²) in [5.41, 5.74) is -1.06.